The van der Waals surface area contributed by atoms with Crippen LogP contribution in [0.3, 0.4) is 0 Å². The molecule has 0 spiro atoms. The van der Waals surface area contributed by atoms with Crippen molar-refractivity contribution in [3.8, 4) is 17.9 Å². The number of ether oxygens (including phenoxy) is 2. The molecule has 1 atom stereocenters. The van der Waals surface area contributed by atoms with Gasteiger partial charge in [0.25, 0.3) is 5.91 Å². The van der Waals surface area contributed by atoms with Crippen molar-refractivity contribution >= 4 is 17.8 Å². The summed E-state index contributed by atoms with van der Waals surface area (Å²) < 4.78 is 11.2. The molecule has 5 rings (SSSR count). The Balaban J connectivity index is 1.26. The van der Waals surface area contributed by atoms with E-state index in [0.717, 1.165) is 22.3 Å². The molecule has 0 aliphatic heterocycles. The Hall–Kier alpha value is -6.58. The number of aromatic nitrogens is 2. The Labute approximate surface area is 296 Å². The fourth-order valence-electron chi connectivity index (χ4n) is 4.89. The fraction of sp³-hybridized carbons (Fsp3) is 0.179. The Bertz CT molecular complexity index is 1860. The van der Waals surface area contributed by atoms with Crippen LogP contribution in [-0.4, -0.2) is 45.3 Å². The quantitative estimate of drug-likeness (QED) is 0.0674. The summed E-state index contributed by atoms with van der Waals surface area (Å²) in [5.41, 5.74) is 6.48. The lowest BCUT2D eigenvalue weighted by Gasteiger charge is -2.27. The number of nitrogens with one attached hydrogen (secondary N) is 4. The maximum atomic E-state index is 14.1. The number of amides is 4. The summed E-state index contributed by atoms with van der Waals surface area (Å²) in [4.78, 5) is 53.8. The van der Waals surface area contributed by atoms with E-state index in [-0.39, 0.29) is 32.7 Å². The van der Waals surface area contributed by atoms with Crippen molar-refractivity contribution in [2.75, 3.05) is 6.54 Å². The van der Waals surface area contributed by atoms with Gasteiger partial charge in [-0.3, -0.25) is 19.7 Å². The molecule has 5 aromatic rings. The van der Waals surface area contributed by atoms with Crippen molar-refractivity contribution in [1.82, 2.24) is 31.0 Å². The van der Waals surface area contributed by atoms with E-state index in [1.165, 1.54) is 11.2 Å². The molecule has 4 aromatic carbocycles. The minimum atomic E-state index is -1.09. The van der Waals surface area contributed by atoms with Gasteiger partial charge in [-0.15, -0.1) is 0 Å². The van der Waals surface area contributed by atoms with Gasteiger partial charge in [0.1, 0.15) is 37.7 Å². The van der Waals surface area contributed by atoms with Crippen molar-refractivity contribution < 1.29 is 28.7 Å². The Morgan fingerprint density at radius 1 is 0.765 bits per heavy atom. The number of hydrogen-bond acceptors (Lipinski definition) is 7. The van der Waals surface area contributed by atoms with Crippen LogP contribution in [0.25, 0.3) is 0 Å². The van der Waals surface area contributed by atoms with Crippen molar-refractivity contribution in [2.24, 2.45) is 0 Å². The maximum Gasteiger partial charge on any atom is 0.339 e. The molecule has 1 heterocycles. The number of carbonyl (C=O) groups excluding carboxylic acids is 3. The molecule has 1 aromatic heterocycles. The summed E-state index contributed by atoms with van der Waals surface area (Å²) in [6.45, 7) is 0.472. The Morgan fingerprint density at radius 3 is 2.02 bits per heavy atom. The molecule has 0 bridgehead atoms. The van der Waals surface area contributed by atoms with Crippen molar-refractivity contribution in [3.05, 3.63) is 156 Å². The number of hydrogen-bond donors (Lipinski definition) is 4. The molecule has 1 unspecified atom stereocenters. The molecule has 0 aliphatic rings. The van der Waals surface area contributed by atoms with Gasteiger partial charge in [0.05, 0.1) is 19.0 Å². The maximum absolute atomic E-state index is 14.1. The van der Waals surface area contributed by atoms with Gasteiger partial charge < -0.3 is 24.7 Å². The van der Waals surface area contributed by atoms with Crippen LogP contribution < -0.4 is 20.9 Å². The molecule has 0 aliphatic carbocycles. The second-order valence-electron chi connectivity index (χ2n) is 11.3. The zero-order valence-corrected chi connectivity index (χ0v) is 27.8. The first kappa shape index (κ1) is 35.7. The van der Waals surface area contributed by atoms with Gasteiger partial charge in [0, 0.05) is 24.9 Å². The number of H-pyrrole nitrogens is 1. The molecule has 0 saturated heterocycles. The highest BCUT2D eigenvalue weighted by molar-refractivity contribution is 5.90. The highest BCUT2D eigenvalue weighted by Crippen LogP contribution is 2.17. The van der Waals surface area contributed by atoms with E-state index in [9.17, 15) is 14.4 Å². The summed E-state index contributed by atoms with van der Waals surface area (Å²) in [7, 11) is 0. The van der Waals surface area contributed by atoms with Crippen LogP contribution >= 0.6 is 0 Å². The third-order valence-electron chi connectivity index (χ3n) is 7.43. The number of carbonyl (C=O) groups is 3. The summed E-state index contributed by atoms with van der Waals surface area (Å²) in [6, 6.07) is 36.5. The summed E-state index contributed by atoms with van der Waals surface area (Å²) in [6.07, 6.45) is 5.57. The lowest BCUT2D eigenvalue weighted by molar-refractivity contribution is -0.138. The second-order valence-corrected chi connectivity index (χ2v) is 11.3. The molecule has 12 nitrogen and oxygen atoms in total. The van der Waals surface area contributed by atoms with Crippen molar-refractivity contribution in [1.29, 1.82) is 0 Å². The molecule has 4 N–H and O–H groups in total. The Morgan fingerprint density at radius 2 is 1.39 bits per heavy atom. The highest BCUT2D eigenvalue weighted by atomic mass is 16.7. The third-order valence-corrected chi connectivity index (χ3v) is 7.43. The van der Waals surface area contributed by atoms with E-state index in [4.69, 9.17) is 14.3 Å². The van der Waals surface area contributed by atoms with Crippen LogP contribution in [-0.2, 0) is 51.9 Å². The number of nitrogens with zero attached hydrogens (tertiary/aromatic N) is 2. The van der Waals surface area contributed by atoms with Crippen LogP contribution in [0.5, 0.6) is 5.75 Å². The molecule has 260 valence electrons. The molecule has 4 amide bonds. The second kappa shape index (κ2) is 19.4. The minimum absolute atomic E-state index is 0.0520. The van der Waals surface area contributed by atoms with E-state index in [1.54, 1.807) is 18.3 Å². The predicted octanol–water partition coefficient (Wildman–Crippen LogP) is 4.61. The van der Waals surface area contributed by atoms with Crippen LogP contribution in [0, 0.1) is 12.2 Å². The summed E-state index contributed by atoms with van der Waals surface area (Å²) in [5, 5.41) is 5.16. The van der Waals surface area contributed by atoms with Crippen LogP contribution in [0.15, 0.2) is 128 Å². The molecule has 51 heavy (non-hydrogen) atoms. The molecule has 12 heteroatoms. The van der Waals surface area contributed by atoms with E-state index in [2.05, 4.69) is 38.2 Å². The molecular weight excluding hydrogens is 648 g/mol. The first-order chi connectivity index (χ1) is 25.0. The molecule has 0 radical (unpaired) electrons. The van der Waals surface area contributed by atoms with Gasteiger partial charge in [0.2, 0.25) is 5.91 Å². The lowest BCUT2D eigenvalue weighted by atomic mass is 10.1. The van der Waals surface area contributed by atoms with Gasteiger partial charge in [-0.05, 0) is 34.4 Å². The first-order valence-corrected chi connectivity index (χ1v) is 16.2. The monoisotopic (exact) mass is 686 g/mol. The van der Waals surface area contributed by atoms with E-state index < -0.39 is 23.9 Å². The van der Waals surface area contributed by atoms with Gasteiger partial charge >= 0.3 is 6.03 Å². The minimum Gasteiger partial charge on any atom is -0.489 e. The fourth-order valence-corrected chi connectivity index (χ4v) is 4.89. The summed E-state index contributed by atoms with van der Waals surface area (Å²) >= 11 is 0. The van der Waals surface area contributed by atoms with E-state index in [1.807, 2.05) is 103 Å². The van der Waals surface area contributed by atoms with Crippen LogP contribution in [0.1, 0.15) is 27.9 Å². The first-order valence-electron chi connectivity index (χ1n) is 16.2. The molecule has 0 saturated carbocycles. The smallest absolute Gasteiger partial charge is 0.339 e. The zero-order valence-electron chi connectivity index (χ0n) is 27.8. The number of urea groups is 1. The SMILES string of the molecule is O=C(CN(Cc1ccc(OCc2ccccc2)cc1)C(=O)C(Cc1cnc[nH]1)NC(=O)NOCc1ccccc1)NC#COCc1ccccc1. The summed E-state index contributed by atoms with van der Waals surface area (Å²) in [5.74, 6) is -0.413. The zero-order chi connectivity index (χ0) is 35.5. The van der Waals surface area contributed by atoms with Crippen molar-refractivity contribution in [2.45, 2.75) is 38.8 Å². The molecule has 0 fully saturated rings. The topological polar surface area (TPSA) is 147 Å². The number of aromatic amines is 1. The van der Waals surface area contributed by atoms with E-state index in [0.29, 0.717) is 18.1 Å². The van der Waals surface area contributed by atoms with E-state index >= 15 is 0 Å². The van der Waals surface area contributed by atoms with Crippen LogP contribution in [0.2, 0.25) is 0 Å². The van der Waals surface area contributed by atoms with Crippen LogP contribution in [0.4, 0.5) is 4.79 Å². The average Bonchev–Trinajstić information content (AvgIpc) is 3.68. The number of imidazole rings is 1. The number of rotatable bonds is 16. The molecular formula is C39H38N6O6. The number of hydroxylamine groups is 1. The van der Waals surface area contributed by atoms with Crippen molar-refractivity contribution in [3.63, 3.8) is 0 Å². The third kappa shape index (κ3) is 12.4. The normalized spacial score (nSPS) is 10.9. The Kier molecular flexibility index (Phi) is 13.6. The highest BCUT2D eigenvalue weighted by Gasteiger charge is 2.28. The van der Waals surface area contributed by atoms with Gasteiger partial charge in [-0.25, -0.2) is 15.3 Å². The lowest BCUT2D eigenvalue weighted by Crippen LogP contribution is -2.53. The van der Waals surface area contributed by atoms with Gasteiger partial charge in [0.15, 0.2) is 0 Å². The largest absolute Gasteiger partial charge is 0.489 e. The van der Waals surface area contributed by atoms with Gasteiger partial charge in [-0.2, -0.15) is 0 Å². The van der Waals surface area contributed by atoms with Gasteiger partial charge in [-0.1, -0.05) is 103 Å². The number of benzene rings is 4. The predicted molar refractivity (Wildman–Crippen MR) is 189 cm³/mol. The average molecular weight is 687 g/mol. The standard InChI is InChI=1S/C39H38N6O6/c46-37(41-20-21-49-26-31-10-4-1-5-11-31)25-45(24-30-16-18-35(19-17-30)50-27-32-12-6-2-7-13-32)38(47)36(22-34-23-40-29-42-34)43-39(48)44-51-28-33-14-8-3-9-15-33/h1-19,23,29,36H,22,24-28H2,(H,40,42)(H,41,46)(H2,43,44,48).